The van der Waals surface area contributed by atoms with Gasteiger partial charge < -0.3 is 25.3 Å². The van der Waals surface area contributed by atoms with Crippen LogP contribution in [0.3, 0.4) is 0 Å². The third-order valence-electron chi connectivity index (χ3n) is 7.82. The van der Waals surface area contributed by atoms with Gasteiger partial charge in [-0.2, -0.15) is 0 Å². The van der Waals surface area contributed by atoms with E-state index < -0.39 is 0 Å². The maximum atomic E-state index is 11.7. The Hall–Kier alpha value is -4.16. The number of nitro benzene ring substituents is 1. The van der Waals surface area contributed by atoms with Crippen molar-refractivity contribution in [2.75, 3.05) is 68.7 Å². The van der Waals surface area contributed by atoms with Gasteiger partial charge in [0, 0.05) is 88.0 Å². The average Bonchev–Trinajstić information content (AvgIpc) is 3.41. The number of aromatic nitrogens is 3. The summed E-state index contributed by atoms with van der Waals surface area (Å²) < 4.78 is 1.67. The Labute approximate surface area is 225 Å². The quantitative estimate of drug-likeness (QED) is 0.185. The van der Waals surface area contributed by atoms with Crippen molar-refractivity contribution in [2.45, 2.75) is 13.0 Å². The maximum absolute atomic E-state index is 11.7. The van der Waals surface area contributed by atoms with Crippen LogP contribution in [0.2, 0.25) is 0 Å². The molecule has 0 amide bonds. The number of aryl methyl sites for hydroxylation is 1. The average molecular weight is 533 g/mol. The molecule has 0 saturated carbocycles. The number of anilines is 2. The molecular formula is C27H32N8O4. The number of phenols is 2. The Bertz CT molecular complexity index is 1510. The van der Waals surface area contributed by atoms with Gasteiger partial charge in [0.1, 0.15) is 11.2 Å². The van der Waals surface area contributed by atoms with Crippen LogP contribution >= 0.6 is 0 Å². The molecule has 0 aliphatic carbocycles. The van der Waals surface area contributed by atoms with E-state index in [1.807, 2.05) is 24.3 Å². The fourth-order valence-electron chi connectivity index (χ4n) is 5.71. The van der Waals surface area contributed by atoms with Crippen molar-refractivity contribution >= 4 is 38.9 Å². The van der Waals surface area contributed by atoms with Gasteiger partial charge in [0.05, 0.1) is 4.92 Å². The Morgan fingerprint density at radius 1 is 0.897 bits per heavy atom. The van der Waals surface area contributed by atoms with Crippen LogP contribution in [-0.2, 0) is 6.54 Å². The van der Waals surface area contributed by atoms with Gasteiger partial charge in [0.15, 0.2) is 17.0 Å². The Balaban J connectivity index is 1.08. The van der Waals surface area contributed by atoms with Crippen molar-refractivity contribution in [3.8, 4) is 11.5 Å². The minimum Gasteiger partial charge on any atom is -0.505 e. The highest BCUT2D eigenvalue weighted by Crippen LogP contribution is 2.40. The number of fused-ring (bicyclic) bond motifs is 2. The predicted octanol–water partition coefficient (Wildman–Crippen LogP) is 2.53. The minimum atomic E-state index is -0.291. The van der Waals surface area contributed by atoms with E-state index >= 15 is 0 Å². The van der Waals surface area contributed by atoms with Gasteiger partial charge in [-0.15, -0.1) is 5.10 Å². The predicted molar refractivity (Wildman–Crippen MR) is 150 cm³/mol. The van der Waals surface area contributed by atoms with E-state index in [0.29, 0.717) is 34.0 Å². The zero-order chi connectivity index (χ0) is 26.9. The number of rotatable bonds is 7. The lowest BCUT2D eigenvalue weighted by molar-refractivity contribution is -0.384. The Morgan fingerprint density at radius 3 is 2.33 bits per heavy atom. The summed E-state index contributed by atoms with van der Waals surface area (Å²) in [6, 6.07) is 12.6. The SMILES string of the molecule is O=[N+]([O-])c1ccc(N2CCN(CCCn3nnc4c(O)c5ccccc5c(O)c43)CC2)cc1N1CCNCC1. The molecule has 39 heavy (non-hydrogen) atoms. The van der Waals surface area contributed by atoms with Crippen LogP contribution in [0.15, 0.2) is 42.5 Å². The molecule has 12 nitrogen and oxygen atoms in total. The molecule has 3 N–H and O–H groups in total. The van der Waals surface area contributed by atoms with Crippen LogP contribution in [0.5, 0.6) is 11.5 Å². The lowest BCUT2D eigenvalue weighted by atomic mass is 10.1. The van der Waals surface area contributed by atoms with Gasteiger partial charge in [0.25, 0.3) is 5.69 Å². The third-order valence-corrected chi connectivity index (χ3v) is 7.82. The molecule has 3 aromatic carbocycles. The van der Waals surface area contributed by atoms with Gasteiger partial charge in [-0.05, 0) is 18.6 Å². The summed E-state index contributed by atoms with van der Waals surface area (Å²) >= 11 is 0. The van der Waals surface area contributed by atoms with Crippen LogP contribution in [0.25, 0.3) is 21.8 Å². The minimum absolute atomic E-state index is 0.0344. The zero-order valence-electron chi connectivity index (χ0n) is 21.7. The summed E-state index contributed by atoms with van der Waals surface area (Å²) in [6.45, 7) is 8.03. The number of aromatic hydroxyl groups is 2. The number of piperazine rings is 2. The molecule has 2 saturated heterocycles. The number of hydrogen-bond acceptors (Lipinski definition) is 10. The molecule has 204 valence electrons. The molecule has 2 aliphatic rings. The third kappa shape index (κ3) is 4.77. The lowest BCUT2D eigenvalue weighted by Crippen LogP contribution is -2.47. The van der Waals surface area contributed by atoms with E-state index in [9.17, 15) is 20.3 Å². The Kier molecular flexibility index (Phi) is 6.79. The van der Waals surface area contributed by atoms with E-state index in [1.165, 1.54) is 0 Å². The number of nitrogens with one attached hydrogen (secondary N) is 1. The Morgan fingerprint density at radius 2 is 1.62 bits per heavy atom. The highest BCUT2D eigenvalue weighted by atomic mass is 16.6. The smallest absolute Gasteiger partial charge is 0.292 e. The first kappa shape index (κ1) is 25.1. The summed E-state index contributed by atoms with van der Waals surface area (Å²) in [7, 11) is 0. The molecule has 0 spiro atoms. The molecule has 6 rings (SSSR count). The van der Waals surface area contributed by atoms with Crippen molar-refractivity contribution in [3.63, 3.8) is 0 Å². The number of hydrogen-bond donors (Lipinski definition) is 3. The van der Waals surface area contributed by atoms with Crippen LogP contribution < -0.4 is 15.1 Å². The van der Waals surface area contributed by atoms with Crippen molar-refractivity contribution in [1.29, 1.82) is 0 Å². The van der Waals surface area contributed by atoms with Crippen LogP contribution in [-0.4, -0.2) is 93.9 Å². The van der Waals surface area contributed by atoms with Gasteiger partial charge in [0.2, 0.25) is 0 Å². The van der Waals surface area contributed by atoms with Crippen molar-refractivity contribution < 1.29 is 15.1 Å². The second-order valence-corrected chi connectivity index (χ2v) is 10.1. The fraction of sp³-hybridized carbons (Fsp3) is 0.407. The van der Waals surface area contributed by atoms with Gasteiger partial charge in [-0.3, -0.25) is 15.0 Å². The number of phenolic OH excluding ortho intramolecular Hbond substituents is 2. The van der Waals surface area contributed by atoms with E-state index in [2.05, 4.69) is 30.3 Å². The second kappa shape index (κ2) is 10.5. The lowest BCUT2D eigenvalue weighted by Gasteiger charge is -2.37. The molecule has 4 aromatic rings. The molecule has 2 aliphatic heterocycles. The van der Waals surface area contributed by atoms with Crippen molar-refractivity contribution in [2.24, 2.45) is 0 Å². The maximum Gasteiger partial charge on any atom is 0.292 e. The van der Waals surface area contributed by atoms with Crippen molar-refractivity contribution in [1.82, 2.24) is 25.2 Å². The van der Waals surface area contributed by atoms with Crippen molar-refractivity contribution in [3.05, 3.63) is 52.6 Å². The van der Waals surface area contributed by atoms with Gasteiger partial charge >= 0.3 is 0 Å². The largest absolute Gasteiger partial charge is 0.505 e. The number of nitrogens with zero attached hydrogens (tertiary/aromatic N) is 7. The van der Waals surface area contributed by atoms with Gasteiger partial charge in [-0.1, -0.05) is 29.5 Å². The summed E-state index contributed by atoms with van der Waals surface area (Å²) in [6.07, 6.45) is 0.816. The molecule has 3 heterocycles. The monoisotopic (exact) mass is 532 g/mol. The molecular weight excluding hydrogens is 500 g/mol. The summed E-state index contributed by atoms with van der Waals surface area (Å²) in [4.78, 5) is 18.1. The molecule has 0 radical (unpaired) electrons. The molecule has 0 atom stereocenters. The van der Waals surface area contributed by atoms with Gasteiger partial charge in [-0.25, -0.2) is 4.68 Å². The first-order valence-corrected chi connectivity index (χ1v) is 13.4. The molecule has 12 heteroatoms. The molecule has 1 aromatic heterocycles. The molecule has 0 unspecified atom stereocenters. The first-order chi connectivity index (χ1) is 19.0. The number of nitro groups is 1. The molecule has 0 bridgehead atoms. The molecule has 2 fully saturated rings. The first-order valence-electron chi connectivity index (χ1n) is 13.4. The second-order valence-electron chi connectivity index (χ2n) is 10.1. The summed E-state index contributed by atoms with van der Waals surface area (Å²) in [5.41, 5.74) is 2.64. The highest BCUT2D eigenvalue weighted by molar-refractivity contribution is 6.07. The van der Waals surface area contributed by atoms with Crippen LogP contribution in [0, 0.1) is 10.1 Å². The van der Waals surface area contributed by atoms with Crippen LogP contribution in [0.1, 0.15) is 6.42 Å². The van der Waals surface area contributed by atoms with E-state index in [0.717, 1.165) is 71.0 Å². The van der Waals surface area contributed by atoms with Crippen LogP contribution in [0.4, 0.5) is 17.1 Å². The fourth-order valence-corrected chi connectivity index (χ4v) is 5.71. The summed E-state index contributed by atoms with van der Waals surface area (Å²) in [5.74, 6) is 0.118. The number of benzene rings is 3. The normalized spacial score (nSPS) is 16.8. The zero-order valence-corrected chi connectivity index (χ0v) is 21.7. The highest BCUT2D eigenvalue weighted by Gasteiger charge is 2.25. The topological polar surface area (TPSA) is 136 Å². The standard InChI is InChI=1S/C27H32N8O4/c36-26-20-4-1-2-5-21(20)27(37)25-24(26)29-30-34(25)11-3-10-31-14-16-32(17-15-31)19-6-7-22(35(38)39)23(18-19)33-12-8-28-9-13-33/h1-2,4-7,18,28,36-37H,3,8-17H2. The van der Waals surface area contributed by atoms with E-state index in [4.69, 9.17) is 0 Å². The van der Waals surface area contributed by atoms with E-state index in [-0.39, 0.29) is 22.1 Å². The van der Waals surface area contributed by atoms with E-state index in [1.54, 1.807) is 22.9 Å². The summed E-state index contributed by atoms with van der Waals surface area (Å²) in [5, 5.41) is 45.9.